The number of hydrogen-bond acceptors (Lipinski definition) is 2. The summed E-state index contributed by atoms with van der Waals surface area (Å²) in [5, 5.41) is 11.6. The molecule has 0 aromatic rings. The highest BCUT2D eigenvalue weighted by molar-refractivity contribution is 5.77. The smallest absolute Gasteiger partial charge is 0.233 e. The number of nitrogens with zero attached hydrogens (tertiary/aromatic N) is 2. The van der Waals surface area contributed by atoms with Gasteiger partial charge in [-0.3, -0.25) is 0 Å². The molecule has 0 unspecified atom stereocenters. The molecule has 0 saturated carbocycles. The van der Waals surface area contributed by atoms with Gasteiger partial charge in [0.05, 0.1) is 0 Å². The summed E-state index contributed by atoms with van der Waals surface area (Å²) >= 11 is 0. The third kappa shape index (κ3) is 2.26. The molecule has 0 amide bonds. The summed E-state index contributed by atoms with van der Waals surface area (Å²) < 4.78 is 0. The summed E-state index contributed by atoms with van der Waals surface area (Å²) in [7, 11) is 0. The van der Waals surface area contributed by atoms with Crippen LogP contribution in [0.1, 0.15) is 33.1 Å². The molecule has 0 aliphatic carbocycles. The first-order valence-corrected chi connectivity index (χ1v) is 4.93. The van der Waals surface area contributed by atoms with Crippen LogP contribution in [0.4, 0.5) is 0 Å². The normalized spacial score (nSPS) is 30.6. The summed E-state index contributed by atoms with van der Waals surface area (Å²) in [6.45, 7) is 5.22. The molecule has 1 heterocycles. The Hall–Kier alpha value is -0.930. The molecule has 3 N–H and O–H groups in total. The molecule has 1 aliphatic rings. The van der Waals surface area contributed by atoms with Crippen molar-refractivity contribution in [3.05, 3.63) is 0 Å². The van der Waals surface area contributed by atoms with Gasteiger partial charge in [0.15, 0.2) is 0 Å². The summed E-state index contributed by atoms with van der Waals surface area (Å²) in [5.74, 6) is 0.946. The number of likely N-dealkylation sites (tertiary alicyclic amines) is 1. The standard InChI is InChI=1S/C9H19N3O/c1-3-8-5-4-7(2)12(6-8)9(10)11-13/h7-8,13H,3-6H2,1-2H3,(H2,10,11)/t7-,8+/m0/s1. The van der Waals surface area contributed by atoms with Crippen molar-refractivity contribution in [2.75, 3.05) is 6.54 Å². The molecule has 4 nitrogen and oxygen atoms in total. The van der Waals surface area contributed by atoms with E-state index in [4.69, 9.17) is 10.9 Å². The lowest BCUT2D eigenvalue weighted by atomic mass is 9.92. The predicted molar refractivity (Wildman–Crippen MR) is 52.6 cm³/mol. The van der Waals surface area contributed by atoms with E-state index < -0.39 is 0 Å². The van der Waals surface area contributed by atoms with Crippen LogP contribution in [0.15, 0.2) is 5.16 Å². The van der Waals surface area contributed by atoms with E-state index in [0.717, 1.165) is 13.0 Å². The highest BCUT2D eigenvalue weighted by Gasteiger charge is 2.25. The Kier molecular flexibility index (Phi) is 3.39. The first kappa shape index (κ1) is 10.2. The first-order chi connectivity index (χ1) is 6.19. The lowest BCUT2D eigenvalue weighted by molar-refractivity contribution is 0.182. The van der Waals surface area contributed by atoms with Crippen molar-refractivity contribution in [3.63, 3.8) is 0 Å². The van der Waals surface area contributed by atoms with Crippen LogP contribution in [0.5, 0.6) is 0 Å². The van der Waals surface area contributed by atoms with Crippen molar-refractivity contribution >= 4 is 5.96 Å². The van der Waals surface area contributed by atoms with Crippen molar-refractivity contribution in [2.24, 2.45) is 16.8 Å². The second-order valence-electron chi connectivity index (χ2n) is 3.81. The average molecular weight is 185 g/mol. The van der Waals surface area contributed by atoms with Crippen molar-refractivity contribution in [1.82, 2.24) is 4.90 Å². The Morgan fingerprint density at radius 2 is 2.31 bits per heavy atom. The van der Waals surface area contributed by atoms with E-state index in [2.05, 4.69) is 19.0 Å². The van der Waals surface area contributed by atoms with Crippen LogP contribution in [-0.2, 0) is 0 Å². The van der Waals surface area contributed by atoms with E-state index in [1.54, 1.807) is 0 Å². The van der Waals surface area contributed by atoms with Crippen LogP contribution in [0.3, 0.4) is 0 Å². The van der Waals surface area contributed by atoms with Crippen LogP contribution in [-0.4, -0.2) is 28.7 Å². The molecule has 1 aliphatic heterocycles. The maximum absolute atomic E-state index is 8.59. The highest BCUT2D eigenvalue weighted by atomic mass is 16.4. The Bertz CT molecular complexity index is 193. The van der Waals surface area contributed by atoms with Crippen LogP contribution < -0.4 is 5.73 Å². The number of rotatable bonds is 1. The summed E-state index contributed by atoms with van der Waals surface area (Å²) in [4.78, 5) is 1.98. The second kappa shape index (κ2) is 4.35. The monoisotopic (exact) mass is 185 g/mol. The fraction of sp³-hybridized carbons (Fsp3) is 0.889. The van der Waals surface area contributed by atoms with Gasteiger partial charge in [-0.05, 0) is 25.7 Å². The van der Waals surface area contributed by atoms with E-state index in [1.807, 2.05) is 4.90 Å². The summed E-state index contributed by atoms with van der Waals surface area (Å²) in [6.07, 6.45) is 3.56. The Balaban J connectivity index is 2.60. The Morgan fingerprint density at radius 3 is 2.85 bits per heavy atom. The maximum atomic E-state index is 8.59. The van der Waals surface area contributed by atoms with Crippen molar-refractivity contribution in [2.45, 2.75) is 39.2 Å². The van der Waals surface area contributed by atoms with Crippen molar-refractivity contribution < 1.29 is 5.21 Å². The molecule has 2 atom stereocenters. The van der Waals surface area contributed by atoms with Crippen molar-refractivity contribution in [3.8, 4) is 0 Å². The minimum Gasteiger partial charge on any atom is -0.408 e. The second-order valence-corrected chi connectivity index (χ2v) is 3.81. The van der Waals surface area contributed by atoms with Gasteiger partial charge in [-0.25, -0.2) is 0 Å². The molecule has 1 fully saturated rings. The van der Waals surface area contributed by atoms with Gasteiger partial charge in [0.2, 0.25) is 5.96 Å². The maximum Gasteiger partial charge on any atom is 0.233 e. The third-order valence-corrected chi connectivity index (χ3v) is 2.95. The zero-order valence-electron chi connectivity index (χ0n) is 8.40. The third-order valence-electron chi connectivity index (χ3n) is 2.95. The molecule has 13 heavy (non-hydrogen) atoms. The molecular formula is C9H19N3O. The predicted octanol–water partition coefficient (Wildman–Crippen LogP) is 1.20. The highest BCUT2D eigenvalue weighted by Crippen LogP contribution is 2.23. The van der Waals surface area contributed by atoms with E-state index in [-0.39, 0.29) is 5.96 Å². The lowest BCUT2D eigenvalue weighted by Crippen LogP contribution is -2.48. The number of piperidine rings is 1. The molecule has 0 aromatic heterocycles. The number of nitrogens with two attached hydrogens (primary N) is 1. The molecule has 0 radical (unpaired) electrons. The largest absolute Gasteiger partial charge is 0.408 e. The van der Waals surface area contributed by atoms with Gasteiger partial charge in [-0.2, -0.15) is 0 Å². The van der Waals surface area contributed by atoms with Gasteiger partial charge in [-0.15, -0.1) is 0 Å². The molecule has 1 rings (SSSR count). The molecule has 1 saturated heterocycles. The van der Waals surface area contributed by atoms with E-state index in [0.29, 0.717) is 12.0 Å². The topological polar surface area (TPSA) is 61.8 Å². The molecule has 76 valence electrons. The molecule has 0 aromatic carbocycles. The molecule has 4 heteroatoms. The number of hydrogen-bond donors (Lipinski definition) is 2. The van der Waals surface area contributed by atoms with Crippen LogP contribution in [0.2, 0.25) is 0 Å². The quantitative estimate of drug-likeness (QED) is 0.279. The SMILES string of the molecule is CC[C@@H]1CC[C@H](C)N(/C(N)=N/O)C1. The number of oxime groups is 1. The van der Waals surface area contributed by atoms with Gasteiger partial charge >= 0.3 is 0 Å². The summed E-state index contributed by atoms with van der Waals surface area (Å²) in [5.41, 5.74) is 5.58. The zero-order chi connectivity index (χ0) is 9.84. The summed E-state index contributed by atoms with van der Waals surface area (Å²) in [6, 6.07) is 0.402. The van der Waals surface area contributed by atoms with Crippen LogP contribution in [0.25, 0.3) is 0 Å². The van der Waals surface area contributed by atoms with E-state index in [1.165, 1.54) is 12.8 Å². The van der Waals surface area contributed by atoms with Crippen molar-refractivity contribution in [1.29, 1.82) is 0 Å². The average Bonchev–Trinajstić information content (AvgIpc) is 2.17. The lowest BCUT2D eigenvalue weighted by Gasteiger charge is -2.37. The number of guanidine groups is 1. The minimum absolute atomic E-state index is 0.255. The zero-order valence-corrected chi connectivity index (χ0v) is 8.40. The van der Waals surface area contributed by atoms with Crippen LogP contribution >= 0.6 is 0 Å². The van der Waals surface area contributed by atoms with E-state index >= 15 is 0 Å². The van der Waals surface area contributed by atoms with Gasteiger partial charge in [0, 0.05) is 12.6 Å². The fourth-order valence-electron chi connectivity index (χ4n) is 1.89. The Labute approximate surface area is 79.4 Å². The van der Waals surface area contributed by atoms with Crippen LogP contribution in [0, 0.1) is 5.92 Å². The van der Waals surface area contributed by atoms with Gasteiger partial charge in [0.1, 0.15) is 0 Å². The van der Waals surface area contributed by atoms with Gasteiger partial charge < -0.3 is 15.8 Å². The van der Waals surface area contributed by atoms with Gasteiger partial charge in [0.25, 0.3) is 0 Å². The molecular weight excluding hydrogens is 166 g/mol. The fourth-order valence-corrected chi connectivity index (χ4v) is 1.89. The Morgan fingerprint density at radius 1 is 1.62 bits per heavy atom. The molecule has 0 bridgehead atoms. The van der Waals surface area contributed by atoms with Gasteiger partial charge in [-0.1, -0.05) is 18.5 Å². The van der Waals surface area contributed by atoms with E-state index in [9.17, 15) is 0 Å². The first-order valence-electron chi connectivity index (χ1n) is 4.93. The minimum atomic E-state index is 0.255. The molecule has 0 spiro atoms.